The van der Waals surface area contributed by atoms with Crippen LogP contribution in [0.15, 0.2) is 41.5 Å². The van der Waals surface area contributed by atoms with Gasteiger partial charge in [-0.05, 0) is 48.3 Å². The van der Waals surface area contributed by atoms with Crippen LogP contribution >= 0.6 is 0 Å². The maximum atomic E-state index is 14.1. The second kappa shape index (κ2) is 13.2. The zero-order valence-electron chi connectivity index (χ0n) is 30.3. The van der Waals surface area contributed by atoms with E-state index < -0.39 is 90.8 Å². The highest BCUT2D eigenvalue weighted by atomic mass is 28.4. The van der Waals surface area contributed by atoms with E-state index in [1.807, 2.05) is 0 Å². The SMILES string of the molecule is CC[Si](CC)(CC)O[C@H]1[C@H](OC(C)=O)C2=C(C)[C@@H](O)C[C@@](O)([C@@H](OC(=O)c3ccccc3)[C@@H]3[C@]4(OC(C)=O)CO[C@@H]4C[C@H](O)[C@]31C)C2(C)C. The van der Waals surface area contributed by atoms with Crippen LogP contribution in [0, 0.1) is 16.7 Å². The van der Waals surface area contributed by atoms with Gasteiger partial charge in [0.15, 0.2) is 13.9 Å². The Bertz CT molecular complexity index is 1470. The van der Waals surface area contributed by atoms with Crippen LogP contribution in [0.5, 0.6) is 0 Å². The number of fused-ring (bicyclic) bond motifs is 5. The minimum absolute atomic E-state index is 0.0493. The van der Waals surface area contributed by atoms with Crippen molar-refractivity contribution in [2.24, 2.45) is 16.7 Å². The number of aliphatic hydroxyl groups is 3. The number of hydrogen-bond acceptors (Lipinski definition) is 11. The Morgan fingerprint density at radius 2 is 1.55 bits per heavy atom. The van der Waals surface area contributed by atoms with Gasteiger partial charge >= 0.3 is 17.9 Å². The lowest BCUT2D eigenvalue weighted by Crippen LogP contribution is -2.83. The Morgan fingerprint density at radius 3 is 2.06 bits per heavy atom. The summed E-state index contributed by atoms with van der Waals surface area (Å²) in [5.41, 5.74) is -5.09. The van der Waals surface area contributed by atoms with E-state index >= 15 is 0 Å². The summed E-state index contributed by atoms with van der Waals surface area (Å²) in [6, 6.07) is 10.5. The number of carbonyl (C=O) groups is 3. The van der Waals surface area contributed by atoms with E-state index in [9.17, 15) is 29.7 Å². The lowest BCUT2D eigenvalue weighted by Gasteiger charge is -2.69. The highest BCUT2D eigenvalue weighted by molar-refractivity contribution is 6.73. The van der Waals surface area contributed by atoms with Crippen molar-refractivity contribution in [3.05, 3.63) is 47.0 Å². The molecule has 5 rings (SSSR count). The second-order valence-electron chi connectivity index (χ2n) is 15.3. The minimum atomic E-state index is -2.62. The zero-order chi connectivity index (χ0) is 36.3. The van der Waals surface area contributed by atoms with Crippen molar-refractivity contribution in [3.8, 4) is 0 Å². The van der Waals surface area contributed by atoms with E-state index in [1.54, 1.807) is 58.0 Å². The van der Waals surface area contributed by atoms with Crippen LogP contribution in [0.3, 0.4) is 0 Å². The summed E-state index contributed by atoms with van der Waals surface area (Å²) in [5, 5.41) is 37.5. The van der Waals surface area contributed by atoms with E-state index in [2.05, 4.69) is 20.8 Å². The third-order valence-corrected chi connectivity index (χ3v) is 17.3. The molecule has 1 aliphatic heterocycles. The number of benzene rings is 1. The number of aliphatic hydroxyl groups excluding tert-OH is 2. The fraction of sp³-hybridized carbons (Fsp3) is 0.703. The summed E-state index contributed by atoms with van der Waals surface area (Å²) < 4.78 is 32.4. The van der Waals surface area contributed by atoms with Crippen LogP contribution in [0.2, 0.25) is 18.1 Å². The minimum Gasteiger partial charge on any atom is -0.455 e. The van der Waals surface area contributed by atoms with E-state index in [0.717, 1.165) is 18.1 Å². The van der Waals surface area contributed by atoms with E-state index in [1.165, 1.54) is 13.8 Å². The first kappa shape index (κ1) is 37.6. The molecule has 1 saturated heterocycles. The van der Waals surface area contributed by atoms with Gasteiger partial charge in [-0.25, -0.2) is 4.79 Å². The molecule has 4 aliphatic rings. The molecule has 3 fully saturated rings. The number of esters is 3. The van der Waals surface area contributed by atoms with Gasteiger partial charge in [0.25, 0.3) is 0 Å². The topological polar surface area (TPSA) is 158 Å². The fourth-order valence-electron chi connectivity index (χ4n) is 9.58. The molecular formula is C37H54O11Si. The Labute approximate surface area is 290 Å². The van der Waals surface area contributed by atoms with Crippen molar-refractivity contribution in [1.82, 2.24) is 0 Å². The molecule has 0 unspecified atom stereocenters. The molecule has 49 heavy (non-hydrogen) atoms. The maximum absolute atomic E-state index is 14.1. The molecule has 2 bridgehead atoms. The molecule has 1 heterocycles. The molecule has 0 amide bonds. The third kappa shape index (κ3) is 5.70. The first-order chi connectivity index (χ1) is 22.9. The smallest absolute Gasteiger partial charge is 0.338 e. The fourth-order valence-corrected chi connectivity index (χ4v) is 12.5. The van der Waals surface area contributed by atoms with Crippen LogP contribution in [0.1, 0.15) is 85.5 Å². The van der Waals surface area contributed by atoms with Crippen molar-refractivity contribution in [1.29, 1.82) is 0 Å². The van der Waals surface area contributed by atoms with Gasteiger partial charge in [0.1, 0.15) is 23.9 Å². The summed E-state index contributed by atoms with van der Waals surface area (Å²) in [6.45, 7) is 15.8. The van der Waals surface area contributed by atoms with Crippen LogP contribution in [-0.2, 0) is 33.0 Å². The summed E-state index contributed by atoms with van der Waals surface area (Å²) in [5.74, 6) is -3.09. The highest BCUT2D eigenvalue weighted by Crippen LogP contribution is 2.66. The molecule has 0 radical (unpaired) electrons. The van der Waals surface area contributed by atoms with Gasteiger partial charge in [0.05, 0.1) is 36.4 Å². The standard InChI is InChI=1S/C37H54O11Si/c1-10-49(11-2,12-3)48-31-29(45-22(5)38)28-21(4)25(40)19-37(43,34(28,7)8)32(46-33(42)24-16-14-13-15-17-24)30-35(31,9)26(41)18-27-36(30,20-44-27)47-23(6)39/h13-17,25-27,29-32,40-41,43H,10-12,18-20H2,1-9H3/t25-,26-,27+,29+,30-,31-,32-,35+,36-,37+/m0/s1. The van der Waals surface area contributed by atoms with Crippen LogP contribution in [0.25, 0.3) is 0 Å². The quantitative estimate of drug-likeness (QED) is 0.144. The number of rotatable bonds is 9. The summed E-state index contributed by atoms with van der Waals surface area (Å²) in [4.78, 5) is 40.2. The number of hydrogen-bond donors (Lipinski definition) is 3. The molecule has 1 aromatic rings. The van der Waals surface area contributed by atoms with Crippen molar-refractivity contribution in [2.75, 3.05) is 6.61 Å². The van der Waals surface area contributed by atoms with Crippen molar-refractivity contribution in [3.63, 3.8) is 0 Å². The largest absolute Gasteiger partial charge is 0.455 e. The molecule has 3 aliphatic carbocycles. The summed E-state index contributed by atoms with van der Waals surface area (Å²) in [6.07, 6.45) is -7.11. The number of ether oxygens (including phenoxy) is 4. The zero-order valence-corrected chi connectivity index (χ0v) is 31.3. The molecule has 0 aromatic heterocycles. The van der Waals surface area contributed by atoms with Gasteiger partial charge in [-0.3, -0.25) is 9.59 Å². The molecule has 11 nitrogen and oxygen atoms in total. The Balaban J connectivity index is 1.91. The average Bonchev–Trinajstić information content (AvgIpc) is 3.04. The van der Waals surface area contributed by atoms with Gasteiger partial charge in [0, 0.05) is 37.5 Å². The van der Waals surface area contributed by atoms with Crippen LogP contribution in [-0.4, -0.2) is 96.0 Å². The molecule has 1 aromatic carbocycles. The van der Waals surface area contributed by atoms with E-state index in [-0.39, 0.29) is 25.0 Å². The predicted molar refractivity (Wildman–Crippen MR) is 182 cm³/mol. The predicted octanol–water partition coefficient (Wildman–Crippen LogP) is 4.47. The van der Waals surface area contributed by atoms with Crippen LogP contribution < -0.4 is 0 Å². The third-order valence-electron chi connectivity index (χ3n) is 12.7. The van der Waals surface area contributed by atoms with Gasteiger partial charge < -0.3 is 38.7 Å². The summed E-state index contributed by atoms with van der Waals surface area (Å²) >= 11 is 0. The lowest BCUT2D eigenvalue weighted by molar-refractivity contribution is -0.364. The van der Waals surface area contributed by atoms with Gasteiger partial charge in [-0.1, -0.05) is 59.7 Å². The highest BCUT2D eigenvalue weighted by Gasteiger charge is 2.78. The maximum Gasteiger partial charge on any atom is 0.338 e. The second-order valence-corrected chi connectivity index (χ2v) is 20.0. The van der Waals surface area contributed by atoms with Crippen LogP contribution in [0.4, 0.5) is 0 Å². The van der Waals surface area contributed by atoms with Crippen molar-refractivity contribution in [2.45, 2.75) is 141 Å². The monoisotopic (exact) mass is 702 g/mol. The molecule has 12 heteroatoms. The van der Waals surface area contributed by atoms with Gasteiger partial charge in [-0.15, -0.1) is 0 Å². The van der Waals surface area contributed by atoms with E-state index in [4.69, 9.17) is 23.4 Å². The number of carbonyl (C=O) groups excluding carboxylic acids is 3. The van der Waals surface area contributed by atoms with Gasteiger partial charge in [0.2, 0.25) is 0 Å². The first-order valence-corrected chi connectivity index (χ1v) is 20.1. The molecule has 2 saturated carbocycles. The van der Waals surface area contributed by atoms with Crippen molar-refractivity contribution >= 4 is 26.2 Å². The molecule has 0 spiro atoms. The normalized spacial score (nSPS) is 38.2. The Morgan fingerprint density at radius 1 is 0.939 bits per heavy atom. The van der Waals surface area contributed by atoms with Gasteiger partial charge in [-0.2, -0.15) is 0 Å². The average molecular weight is 703 g/mol. The molecule has 10 atom stereocenters. The van der Waals surface area contributed by atoms with Crippen molar-refractivity contribution < 1.29 is 53.1 Å². The molecule has 3 N–H and O–H groups in total. The Kier molecular flexibility index (Phi) is 10.1. The van der Waals surface area contributed by atoms with E-state index in [0.29, 0.717) is 11.1 Å². The molecular weight excluding hydrogens is 648 g/mol. The first-order valence-electron chi connectivity index (χ1n) is 17.6. The lowest BCUT2D eigenvalue weighted by atomic mass is 9.44. The summed E-state index contributed by atoms with van der Waals surface area (Å²) in [7, 11) is -2.62. The molecule has 272 valence electrons. The Hall–Kier alpha value is -2.61.